The maximum Gasteiger partial charge on any atom is 0.416 e. The number of amides is 2. The van der Waals surface area contributed by atoms with Crippen molar-refractivity contribution in [2.75, 3.05) is 19.8 Å². The molecule has 3 aliphatic rings. The number of carbonyl (C=O) groups excluding carboxylic acids is 2. The number of ether oxygens (including phenoxy) is 2. The molecular weight excluding hydrogens is 504 g/mol. The van der Waals surface area contributed by atoms with E-state index in [1.54, 1.807) is 0 Å². The molecule has 218 valence electrons. The van der Waals surface area contributed by atoms with E-state index >= 15 is 0 Å². The summed E-state index contributed by atoms with van der Waals surface area (Å²) < 4.78 is 17.4. The van der Waals surface area contributed by atoms with Crippen LogP contribution in [0.2, 0.25) is 0 Å². The zero-order valence-corrected chi connectivity index (χ0v) is 24.5. The summed E-state index contributed by atoms with van der Waals surface area (Å²) in [6.45, 7) is 8.23. The summed E-state index contributed by atoms with van der Waals surface area (Å²) in [4.78, 5) is 27.8. The lowest BCUT2D eigenvalue weighted by molar-refractivity contribution is -0.129. The molecule has 7 nitrogen and oxygen atoms in total. The number of rotatable bonds is 15. The number of cyclic esters (lactones) is 1. The lowest BCUT2D eigenvalue weighted by atomic mass is 9.69. The van der Waals surface area contributed by atoms with Crippen molar-refractivity contribution in [3.63, 3.8) is 0 Å². The van der Waals surface area contributed by atoms with Crippen LogP contribution in [0.4, 0.5) is 4.79 Å². The predicted octanol–water partition coefficient (Wildman–Crippen LogP) is 7.36. The van der Waals surface area contributed by atoms with E-state index in [0.29, 0.717) is 43.8 Å². The molecule has 2 heterocycles. The van der Waals surface area contributed by atoms with E-state index < -0.39 is 6.09 Å². The topological polar surface area (TPSA) is 81.9 Å². The third-order valence-electron chi connectivity index (χ3n) is 8.79. The fourth-order valence-electron chi connectivity index (χ4n) is 6.52. The van der Waals surface area contributed by atoms with Gasteiger partial charge in [-0.3, -0.25) is 4.79 Å². The van der Waals surface area contributed by atoms with E-state index in [1.165, 1.54) is 16.9 Å². The minimum absolute atomic E-state index is 0.153. The monoisotopic (exact) mass is 550 g/mol. The zero-order chi connectivity index (χ0) is 28.1. The first-order chi connectivity index (χ1) is 19.4. The van der Waals surface area contributed by atoms with Crippen LogP contribution in [0.15, 0.2) is 34.9 Å². The van der Waals surface area contributed by atoms with Crippen molar-refractivity contribution in [2.45, 2.75) is 109 Å². The number of nitrogens with zero attached hydrogens (tertiary/aromatic N) is 2. The molecule has 1 unspecified atom stereocenters. The van der Waals surface area contributed by atoms with Gasteiger partial charge in [0, 0.05) is 37.0 Å². The van der Waals surface area contributed by atoms with Crippen LogP contribution < -0.4 is 0 Å². The predicted molar refractivity (Wildman–Crippen MR) is 153 cm³/mol. The van der Waals surface area contributed by atoms with Gasteiger partial charge in [-0.1, -0.05) is 62.7 Å². The molecule has 1 saturated heterocycles. The van der Waals surface area contributed by atoms with Gasteiger partial charge in [-0.2, -0.15) is 0 Å². The second-order valence-corrected chi connectivity index (χ2v) is 12.6. The van der Waals surface area contributed by atoms with E-state index in [4.69, 9.17) is 14.0 Å². The average Bonchev–Trinajstić information content (AvgIpc) is 3.56. The summed E-state index contributed by atoms with van der Waals surface area (Å²) in [5.74, 6) is 3.09. The van der Waals surface area contributed by atoms with Gasteiger partial charge >= 0.3 is 6.09 Å². The normalized spacial score (nSPS) is 23.4. The first-order valence-electron chi connectivity index (χ1n) is 15.5. The van der Waals surface area contributed by atoms with E-state index in [-0.39, 0.29) is 30.9 Å². The van der Waals surface area contributed by atoms with E-state index in [9.17, 15) is 9.59 Å². The summed E-state index contributed by atoms with van der Waals surface area (Å²) in [5, 5.41) is 4.65. The maximum absolute atomic E-state index is 13.8. The Morgan fingerprint density at radius 1 is 1.12 bits per heavy atom. The van der Waals surface area contributed by atoms with Gasteiger partial charge in [0.05, 0.1) is 11.7 Å². The average molecular weight is 551 g/mol. The fraction of sp³-hybridized carbons (Fsp3) is 0.667. The molecule has 7 heteroatoms. The summed E-state index contributed by atoms with van der Waals surface area (Å²) in [6.07, 6.45) is 8.90. The molecular formula is C33H46N2O5. The molecule has 0 spiro atoms. The Morgan fingerprint density at radius 2 is 1.90 bits per heavy atom. The molecule has 2 aliphatic carbocycles. The lowest BCUT2D eigenvalue weighted by Gasteiger charge is -2.35. The van der Waals surface area contributed by atoms with E-state index in [1.807, 2.05) is 30.3 Å². The molecule has 2 atom stereocenters. The van der Waals surface area contributed by atoms with Gasteiger partial charge < -0.3 is 14.0 Å². The number of benzene rings is 1. The van der Waals surface area contributed by atoms with Crippen LogP contribution in [0.1, 0.15) is 119 Å². The third-order valence-corrected chi connectivity index (χ3v) is 8.79. The SMILES string of the molecule is CCCCOCCC(CC(=O)N1C(=O)OC[C@H]1Cc1ccccc1)c1noc(C2CC(CC(C)C)C2)c1C1CC1. The van der Waals surface area contributed by atoms with Gasteiger partial charge in [0.2, 0.25) is 5.91 Å². The van der Waals surface area contributed by atoms with Crippen molar-refractivity contribution in [3.8, 4) is 0 Å². The van der Waals surface area contributed by atoms with E-state index in [0.717, 1.165) is 61.5 Å². The minimum Gasteiger partial charge on any atom is -0.447 e. The lowest BCUT2D eigenvalue weighted by Crippen LogP contribution is -2.40. The number of carbonyl (C=O) groups is 2. The van der Waals surface area contributed by atoms with Crippen molar-refractivity contribution in [2.24, 2.45) is 11.8 Å². The Labute approximate surface area is 239 Å². The van der Waals surface area contributed by atoms with Crippen LogP contribution in [-0.4, -0.2) is 47.9 Å². The van der Waals surface area contributed by atoms with Crippen LogP contribution in [0.3, 0.4) is 0 Å². The molecule has 0 radical (unpaired) electrons. The first kappa shape index (κ1) is 28.8. The molecule has 2 aromatic rings. The molecule has 2 amide bonds. The van der Waals surface area contributed by atoms with Crippen LogP contribution in [-0.2, 0) is 20.7 Å². The van der Waals surface area contributed by atoms with Crippen molar-refractivity contribution in [1.82, 2.24) is 10.1 Å². The second-order valence-electron chi connectivity index (χ2n) is 12.6. The summed E-state index contributed by atoms with van der Waals surface area (Å²) in [7, 11) is 0. The third kappa shape index (κ3) is 6.96. The summed E-state index contributed by atoms with van der Waals surface area (Å²) >= 11 is 0. The molecule has 2 saturated carbocycles. The Hall–Kier alpha value is -2.67. The Bertz CT molecular complexity index is 1120. The highest BCUT2D eigenvalue weighted by molar-refractivity contribution is 5.94. The van der Waals surface area contributed by atoms with E-state index in [2.05, 4.69) is 25.9 Å². The van der Waals surface area contributed by atoms with Gasteiger partial charge in [-0.15, -0.1) is 0 Å². The van der Waals surface area contributed by atoms with Gasteiger partial charge in [-0.05, 0) is 74.7 Å². The van der Waals surface area contributed by atoms with Crippen molar-refractivity contribution >= 4 is 12.0 Å². The van der Waals surface area contributed by atoms with Gasteiger partial charge in [0.1, 0.15) is 12.4 Å². The molecule has 5 rings (SSSR count). The summed E-state index contributed by atoms with van der Waals surface area (Å²) in [6, 6.07) is 9.66. The highest BCUT2D eigenvalue weighted by Crippen LogP contribution is 2.52. The Balaban J connectivity index is 1.33. The molecule has 1 aromatic heterocycles. The van der Waals surface area contributed by atoms with Crippen LogP contribution in [0, 0.1) is 11.8 Å². The standard InChI is InChI=1S/C33H46N2O5/c1-4-5-14-38-15-13-26(20-29(36)35-28(21-39-33(35)37)19-23-9-7-6-8-10-23)31-30(25-11-12-25)32(40-34-31)27-17-24(18-27)16-22(2)3/h6-10,22,24-28H,4-5,11-21H2,1-3H3/t24?,26?,27?,28-/m1/s1. The Morgan fingerprint density at radius 3 is 2.60 bits per heavy atom. The smallest absolute Gasteiger partial charge is 0.416 e. The quantitative estimate of drug-likeness (QED) is 0.216. The van der Waals surface area contributed by atoms with Gasteiger partial charge in [0.25, 0.3) is 0 Å². The van der Waals surface area contributed by atoms with Crippen LogP contribution >= 0.6 is 0 Å². The fourth-order valence-corrected chi connectivity index (χ4v) is 6.52. The molecule has 1 aliphatic heterocycles. The number of imide groups is 1. The molecule has 0 bridgehead atoms. The molecule has 3 fully saturated rings. The largest absolute Gasteiger partial charge is 0.447 e. The maximum atomic E-state index is 13.8. The Kier molecular flexibility index (Phi) is 9.61. The molecule has 1 aromatic carbocycles. The van der Waals surface area contributed by atoms with Crippen LogP contribution in [0.25, 0.3) is 0 Å². The van der Waals surface area contributed by atoms with Crippen molar-refractivity contribution in [1.29, 1.82) is 0 Å². The molecule has 0 N–H and O–H groups in total. The number of aromatic nitrogens is 1. The molecule has 40 heavy (non-hydrogen) atoms. The first-order valence-corrected chi connectivity index (χ1v) is 15.5. The highest BCUT2D eigenvalue weighted by atomic mass is 16.6. The number of unbranched alkanes of at least 4 members (excludes halogenated alkanes) is 1. The second kappa shape index (κ2) is 13.3. The summed E-state index contributed by atoms with van der Waals surface area (Å²) in [5.41, 5.74) is 3.26. The zero-order valence-electron chi connectivity index (χ0n) is 24.5. The van der Waals surface area contributed by atoms with Crippen LogP contribution in [0.5, 0.6) is 0 Å². The minimum atomic E-state index is -0.544. The van der Waals surface area contributed by atoms with Crippen molar-refractivity contribution in [3.05, 3.63) is 52.9 Å². The number of hydrogen-bond donors (Lipinski definition) is 0. The van der Waals surface area contributed by atoms with Gasteiger partial charge in [-0.25, -0.2) is 9.69 Å². The van der Waals surface area contributed by atoms with Gasteiger partial charge in [0.15, 0.2) is 0 Å². The van der Waals surface area contributed by atoms with Crippen molar-refractivity contribution < 1.29 is 23.6 Å². The highest BCUT2D eigenvalue weighted by Gasteiger charge is 2.43. The number of hydrogen-bond acceptors (Lipinski definition) is 6.